The number of hydrogen-bond acceptors (Lipinski definition) is 4. The quantitative estimate of drug-likeness (QED) is 0.657. The molecule has 1 aromatic rings. The van der Waals surface area contributed by atoms with Crippen molar-refractivity contribution < 1.29 is 4.74 Å². The molecule has 15 heavy (non-hydrogen) atoms. The first kappa shape index (κ1) is 10.9. The molecule has 0 amide bonds. The highest BCUT2D eigenvalue weighted by molar-refractivity contribution is 6.33. The van der Waals surface area contributed by atoms with Gasteiger partial charge in [-0.3, -0.25) is 0 Å². The Balaban J connectivity index is 2.13. The Labute approximate surface area is 98.0 Å². The maximum absolute atomic E-state index is 5.93. The summed E-state index contributed by atoms with van der Waals surface area (Å²) in [6.07, 6.45) is 3.39. The van der Waals surface area contributed by atoms with Crippen LogP contribution in [0.25, 0.3) is 0 Å². The molecule has 0 spiro atoms. The van der Waals surface area contributed by atoms with E-state index in [4.69, 9.17) is 27.9 Å². The van der Waals surface area contributed by atoms with E-state index in [1.54, 1.807) is 0 Å². The fourth-order valence-electron chi connectivity index (χ4n) is 1.34. The summed E-state index contributed by atoms with van der Waals surface area (Å²) < 4.78 is 5.57. The van der Waals surface area contributed by atoms with Gasteiger partial charge in [-0.15, -0.1) is 0 Å². The average Bonchev–Trinajstić information content (AvgIpc) is 2.92. The van der Waals surface area contributed by atoms with Gasteiger partial charge in [0.2, 0.25) is 5.28 Å². The van der Waals surface area contributed by atoms with Crippen LogP contribution in [-0.4, -0.2) is 22.3 Å². The Kier molecular flexibility index (Phi) is 3.00. The van der Waals surface area contributed by atoms with Gasteiger partial charge in [-0.2, -0.15) is 4.98 Å². The van der Waals surface area contributed by atoms with Crippen LogP contribution in [0.3, 0.4) is 0 Å². The van der Waals surface area contributed by atoms with Crippen LogP contribution >= 0.6 is 23.2 Å². The number of hydrogen-bond donors (Lipinski definition) is 1. The SMILES string of the molecule is CCOC1(Nc2nc(Cl)ncc2Cl)CC1. The molecule has 1 saturated carbocycles. The Morgan fingerprint density at radius 3 is 2.87 bits per heavy atom. The molecule has 0 saturated heterocycles. The first-order chi connectivity index (χ1) is 7.15. The second-order valence-corrected chi connectivity index (χ2v) is 4.13. The predicted octanol–water partition coefficient (Wildman–Crippen LogP) is 2.72. The molecule has 1 heterocycles. The van der Waals surface area contributed by atoms with Crippen LogP contribution in [0.2, 0.25) is 10.3 Å². The van der Waals surface area contributed by atoms with E-state index in [0.717, 1.165) is 12.8 Å². The second kappa shape index (κ2) is 4.12. The highest BCUT2D eigenvalue weighted by atomic mass is 35.5. The maximum atomic E-state index is 5.93. The third kappa shape index (κ3) is 2.51. The van der Waals surface area contributed by atoms with Crippen LogP contribution in [0.1, 0.15) is 19.8 Å². The molecule has 0 radical (unpaired) electrons. The molecule has 1 fully saturated rings. The summed E-state index contributed by atoms with van der Waals surface area (Å²) in [7, 11) is 0. The lowest BCUT2D eigenvalue weighted by molar-refractivity contribution is 0.0629. The summed E-state index contributed by atoms with van der Waals surface area (Å²) in [4.78, 5) is 7.79. The summed E-state index contributed by atoms with van der Waals surface area (Å²) in [6.45, 7) is 2.61. The number of halogens is 2. The van der Waals surface area contributed by atoms with Crippen molar-refractivity contribution in [3.8, 4) is 0 Å². The van der Waals surface area contributed by atoms with Crippen LogP contribution in [0.5, 0.6) is 0 Å². The van der Waals surface area contributed by atoms with Gasteiger partial charge in [-0.25, -0.2) is 4.98 Å². The minimum atomic E-state index is -0.296. The molecular weight excluding hydrogens is 237 g/mol. The molecule has 4 nitrogen and oxygen atoms in total. The number of ether oxygens (including phenoxy) is 1. The Bertz CT molecular complexity index is 368. The van der Waals surface area contributed by atoms with Crippen molar-refractivity contribution in [1.82, 2.24) is 9.97 Å². The molecule has 1 aromatic heterocycles. The Morgan fingerprint density at radius 1 is 1.53 bits per heavy atom. The van der Waals surface area contributed by atoms with Gasteiger partial charge in [0.1, 0.15) is 10.7 Å². The van der Waals surface area contributed by atoms with Gasteiger partial charge in [-0.1, -0.05) is 11.6 Å². The first-order valence-corrected chi connectivity index (χ1v) is 5.51. The van der Waals surface area contributed by atoms with E-state index in [1.807, 2.05) is 6.92 Å². The van der Waals surface area contributed by atoms with Crippen molar-refractivity contribution in [2.75, 3.05) is 11.9 Å². The van der Waals surface area contributed by atoms with Gasteiger partial charge in [0, 0.05) is 6.61 Å². The van der Waals surface area contributed by atoms with Gasteiger partial charge in [0.05, 0.1) is 6.20 Å². The highest BCUT2D eigenvalue weighted by Gasteiger charge is 2.44. The van der Waals surface area contributed by atoms with E-state index >= 15 is 0 Å². The van der Waals surface area contributed by atoms with Gasteiger partial charge in [-0.05, 0) is 31.4 Å². The van der Waals surface area contributed by atoms with Crippen molar-refractivity contribution in [2.24, 2.45) is 0 Å². The van der Waals surface area contributed by atoms with Crippen molar-refractivity contribution in [3.05, 3.63) is 16.5 Å². The highest BCUT2D eigenvalue weighted by Crippen LogP contribution is 2.40. The van der Waals surface area contributed by atoms with Crippen LogP contribution < -0.4 is 5.32 Å². The largest absolute Gasteiger partial charge is 0.356 e. The smallest absolute Gasteiger partial charge is 0.224 e. The molecule has 0 aliphatic heterocycles. The van der Waals surface area contributed by atoms with E-state index in [-0.39, 0.29) is 11.0 Å². The van der Waals surface area contributed by atoms with E-state index < -0.39 is 0 Å². The molecule has 0 bridgehead atoms. The zero-order valence-corrected chi connectivity index (χ0v) is 9.77. The van der Waals surface area contributed by atoms with E-state index in [2.05, 4.69) is 15.3 Å². The van der Waals surface area contributed by atoms with Crippen LogP contribution in [0.15, 0.2) is 6.20 Å². The second-order valence-electron chi connectivity index (χ2n) is 3.39. The molecule has 6 heteroatoms. The van der Waals surface area contributed by atoms with Crippen LogP contribution in [0.4, 0.5) is 5.82 Å². The number of aromatic nitrogens is 2. The Morgan fingerprint density at radius 2 is 2.27 bits per heavy atom. The van der Waals surface area contributed by atoms with E-state index in [1.165, 1.54) is 6.20 Å². The van der Waals surface area contributed by atoms with Crippen molar-refractivity contribution >= 4 is 29.0 Å². The molecule has 2 rings (SSSR count). The summed E-state index contributed by atoms with van der Waals surface area (Å²) >= 11 is 11.6. The first-order valence-electron chi connectivity index (χ1n) is 4.75. The lowest BCUT2D eigenvalue weighted by Gasteiger charge is -2.18. The van der Waals surface area contributed by atoms with Crippen molar-refractivity contribution in [1.29, 1.82) is 0 Å². The molecule has 82 valence electrons. The van der Waals surface area contributed by atoms with Crippen molar-refractivity contribution in [2.45, 2.75) is 25.5 Å². The zero-order valence-electron chi connectivity index (χ0n) is 8.26. The number of nitrogens with one attached hydrogen (secondary N) is 1. The lowest BCUT2D eigenvalue weighted by atomic mass is 10.5. The maximum Gasteiger partial charge on any atom is 0.224 e. The molecular formula is C9H11Cl2N3O. The predicted molar refractivity (Wildman–Crippen MR) is 59.3 cm³/mol. The average molecular weight is 248 g/mol. The molecule has 1 aliphatic rings. The topological polar surface area (TPSA) is 47.0 Å². The number of rotatable bonds is 4. The summed E-state index contributed by atoms with van der Waals surface area (Å²) in [5.74, 6) is 0.530. The summed E-state index contributed by atoms with van der Waals surface area (Å²) in [6, 6.07) is 0. The van der Waals surface area contributed by atoms with Gasteiger partial charge in [0.25, 0.3) is 0 Å². The van der Waals surface area contributed by atoms with E-state index in [0.29, 0.717) is 17.4 Å². The standard InChI is InChI=1S/C9H11Cl2N3O/c1-2-15-9(3-4-9)14-7-6(10)5-12-8(11)13-7/h5H,2-4H2,1H3,(H,12,13,14). The van der Waals surface area contributed by atoms with Gasteiger partial charge in [0.15, 0.2) is 5.82 Å². The van der Waals surface area contributed by atoms with Gasteiger partial charge >= 0.3 is 0 Å². The summed E-state index contributed by atoms with van der Waals surface area (Å²) in [5.41, 5.74) is -0.296. The van der Waals surface area contributed by atoms with Crippen molar-refractivity contribution in [3.63, 3.8) is 0 Å². The fourth-order valence-corrected chi connectivity index (χ4v) is 1.62. The third-order valence-corrected chi connectivity index (χ3v) is 2.64. The number of nitrogens with zero attached hydrogens (tertiary/aromatic N) is 2. The van der Waals surface area contributed by atoms with Crippen LogP contribution in [0, 0.1) is 0 Å². The monoisotopic (exact) mass is 247 g/mol. The minimum absolute atomic E-state index is 0.175. The lowest BCUT2D eigenvalue weighted by Crippen LogP contribution is -2.25. The molecule has 0 unspecified atom stereocenters. The Hall–Kier alpha value is -0.580. The molecule has 1 aliphatic carbocycles. The summed E-state index contributed by atoms with van der Waals surface area (Å²) in [5, 5.41) is 3.77. The fraction of sp³-hybridized carbons (Fsp3) is 0.556. The van der Waals surface area contributed by atoms with E-state index in [9.17, 15) is 0 Å². The van der Waals surface area contributed by atoms with Gasteiger partial charge < -0.3 is 10.1 Å². The zero-order chi connectivity index (χ0) is 10.9. The molecule has 1 N–H and O–H groups in total. The van der Waals surface area contributed by atoms with Crippen LogP contribution in [-0.2, 0) is 4.74 Å². The normalized spacial score (nSPS) is 17.5. The molecule has 0 aromatic carbocycles. The molecule has 0 atom stereocenters. The number of anilines is 1. The third-order valence-electron chi connectivity index (χ3n) is 2.19. The minimum Gasteiger partial charge on any atom is -0.356 e.